The van der Waals surface area contributed by atoms with E-state index in [0.29, 0.717) is 22.6 Å². The summed E-state index contributed by atoms with van der Waals surface area (Å²) in [5.74, 6) is 0.0870. The van der Waals surface area contributed by atoms with Gasteiger partial charge >= 0.3 is 0 Å². The molecule has 1 saturated heterocycles. The van der Waals surface area contributed by atoms with Crippen molar-refractivity contribution in [2.45, 2.75) is 17.4 Å². The molecule has 5 rings (SSSR count). The van der Waals surface area contributed by atoms with Gasteiger partial charge in [0.2, 0.25) is 5.91 Å². The van der Waals surface area contributed by atoms with Gasteiger partial charge in [-0.3, -0.25) is 9.78 Å². The maximum atomic E-state index is 13.4. The van der Waals surface area contributed by atoms with Crippen molar-refractivity contribution in [2.24, 2.45) is 0 Å². The van der Waals surface area contributed by atoms with Crippen molar-refractivity contribution in [1.82, 2.24) is 4.98 Å². The highest BCUT2D eigenvalue weighted by molar-refractivity contribution is 8.00. The average Bonchev–Trinajstić information content (AvgIpc) is 2.93. The number of ether oxygens (including phenoxy) is 1. The van der Waals surface area contributed by atoms with Crippen LogP contribution in [0.4, 0.5) is 10.1 Å². The van der Waals surface area contributed by atoms with E-state index in [2.05, 4.69) is 4.98 Å². The van der Waals surface area contributed by atoms with Crippen molar-refractivity contribution in [2.75, 3.05) is 17.8 Å². The maximum absolute atomic E-state index is 13.4. The van der Waals surface area contributed by atoms with Crippen LogP contribution in [0.3, 0.4) is 0 Å². The van der Waals surface area contributed by atoms with Crippen LogP contribution in [0.2, 0.25) is 0 Å². The largest absolute Gasteiger partial charge is 0.508 e. The summed E-state index contributed by atoms with van der Waals surface area (Å²) in [4.78, 5) is 19.2. The standard InChI is InChI=1S/C29H25FN2O5S/c1-37-26-12-13-31-15-23(26)17-4-8-20(9-5-17)32-27(22-11-10-21(33)14-24(22)34)28(29(32)36)38-16-25(35)18-2-6-19(30)7-3-18/h2-15,25,27-28,33-35H,16H2,1H3/t25-,27-,28-/m1/s1. The molecule has 1 aromatic heterocycles. The van der Waals surface area contributed by atoms with Crippen LogP contribution in [-0.2, 0) is 4.79 Å². The molecule has 3 N–H and O–H groups in total. The number of aliphatic hydroxyl groups excluding tert-OH is 1. The molecule has 1 aliphatic rings. The first kappa shape index (κ1) is 25.6. The van der Waals surface area contributed by atoms with E-state index >= 15 is 0 Å². The Labute approximate surface area is 223 Å². The average molecular weight is 533 g/mol. The van der Waals surface area contributed by atoms with E-state index < -0.39 is 23.2 Å². The second kappa shape index (κ2) is 10.7. The van der Waals surface area contributed by atoms with Crippen molar-refractivity contribution in [3.63, 3.8) is 0 Å². The lowest BCUT2D eigenvalue weighted by Gasteiger charge is -2.47. The second-order valence-electron chi connectivity index (χ2n) is 8.84. The van der Waals surface area contributed by atoms with E-state index in [1.54, 1.807) is 36.5 Å². The molecule has 2 heterocycles. The van der Waals surface area contributed by atoms with Crippen LogP contribution in [0.15, 0.2) is 85.2 Å². The molecular formula is C29H25FN2O5S. The quantitative estimate of drug-likeness (QED) is 0.267. The number of β-lactam (4-membered cyclic amide) rings is 1. The fourth-order valence-electron chi connectivity index (χ4n) is 4.55. The predicted octanol–water partition coefficient (Wildman–Crippen LogP) is 5.23. The molecule has 0 saturated carbocycles. The smallest absolute Gasteiger partial charge is 0.243 e. The molecule has 0 bridgehead atoms. The van der Waals surface area contributed by atoms with Gasteiger partial charge in [-0.15, -0.1) is 11.8 Å². The van der Waals surface area contributed by atoms with Gasteiger partial charge in [-0.25, -0.2) is 4.39 Å². The Morgan fingerprint density at radius 1 is 1.05 bits per heavy atom. The highest BCUT2D eigenvalue weighted by Crippen LogP contribution is 2.49. The third-order valence-corrected chi connectivity index (χ3v) is 7.85. The Morgan fingerprint density at radius 3 is 2.47 bits per heavy atom. The number of benzene rings is 3. The molecule has 7 nitrogen and oxygen atoms in total. The van der Waals surface area contributed by atoms with Crippen molar-refractivity contribution >= 4 is 23.4 Å². The van der Waals surface area contributed by atoms with Gasteiger partial charge in [0, 0.05) is 41.0 Å². The monoisotopic (exact) mass is 532 g/mol. The van der Waals surface area contributed by atoms with Gasteiger partial charge in [-0.2, -0.15) is 0 Å². The van der Waals surface area contributed by atoms with E-state index in [1.807, 2.05) is 24.3 Å². The van der Waals surface area contributed by atoms with Crippen LogP contribution in [0.25, 0.3) is 11.1 Å². The van der Waals surface area contributed by atoms with Gasteiger partial charge in [0.05, 0.1) is 19.3 Å². The Morgan fingerprint density at radius 2 is 1.79 bits per heavy atom. The topological polar surface area (TPSA) is 103 Å². The summed E-state index contributed by atoms with van der Waals surface area (Å²) in [7, 11) is 1.59. The number of carbonyl (C=O) groups is 1. The third kappa shape index (κ3) is 4.90. The number of hydrogen-bond acceptors (Lipinski definition) is 7. The Kier molecular flexibility index (Phi) is 7.22. The minimum atomic E-state index is -0.898. The lowest BCUT2D eigenvalue weighted by atomic mass is 9.91. The van der Waals surface area contributed by atoms with Gasteiger partial charge in [0.25, 0.3) is 0 Å². The zero-order valence-corrected chi connectivity index (χ0v) is 21.2. The van der Waals surface area contributed by atoms with Crippen LogP contribution in [-0.4, -0.2) is 44.3 Å². The summed E-state index contributed by atoms with van der Waals surface area (Å²) in [6.07, 6.45) is 2.46. The first-order chi connectivity index (χ1) is 18.4. The summed E-state index contributed by atoms with van der Waals surface area (Å²) in [6.45, 7) is 0. The molecule has 194 valence electrons. The number of aliphatic hydroxyl groups is 1. The lowest BCUT2D eigenvalue weighted by molar-refractivity contribution is -0.123. The Hall–Kier alpha value is -4.08. The lowest BCUT2D eigenvalue weighted by Crippen LogP contribution is -2.57. The van der Waals surface area contributed by atoms with Gasteiger partial charge in [-0.05, 0) is 53.6 Å². The normalized spacial score (nSPS) is 17.7. The number of anilines is 1. The maximum Gasteiger partial charge on any atom is 0.243 e. The van der Waals surface area contributed by atoms with Gasteiger partial charge in [-0.1, -0.05) is 24.3 Å². The van der Waals surface area contributed by atoms with Crippen LogP contribution in [0.1, 0.15) is 23.3 Å². The van der Waals surface area contributed by atoms with E-state index in [0.717, 1.165) is 11.1 Å². The summed E-state index contributed by atoms with van der Waals surface area (Å²) in [6, 6.07) is 18.5. The molecule has 3 aromatic carbocycles. The molecule has 3 atom stereocenters. The van der Waals surface area contributed by atoms with Crippen LogP contribution < -0.4 is 9.64 Å². The molecule has 0 aliphatic carbocycles. The third-order valence-electron chi connectivity index (χ3n) is 6.52. The van der Waals surface area contributed by atoms with Crippen LogP contribution in [0.5, 0.6) is 17.2 Å². The number of aromatic hydroxyl groups is 2. The zero-order chi connectivity index (χ0) is 26.8. The molecule has 1 fully saturated rings. The number of aromatic nitrogens is 1. The molecule has 1 aliphatic heterocycles. The number of phenols is 2. The molecule has 9 heteroatoms. The molecule has 1 amide bonds. The number of thioether (sulfide) groups is 1. The second-order valence-corrected chi connectivity index (χ2v) is 10.0. The number of hydrogen-bond donors (Lipinski definition) is 3. The summed E-state index contributed by atoms with van der Waals surface area (Å²) >= 11 is 1.26. The molecule has 0 unspecified atom stereocenters. The number of rotatable bonds is 8. The fraction of sp³-hybridized carbons (Fsp3) is 0.172. The van der Waals surface area contributed by atoms with Crippen molar-refractivity contribution in [3.05, 3.63) is 102 Å². The Balaban J connectivity index is 1.41. The van der Waals surface area contributed by atoms with Gasteiger partial charge < -0.3 is 25.0 Å². The number of nitrogens with zero attached hydrogens (tertiary/aromatic N) is 2. The number of halogens is 1. The van der Waals surface area contributed by atoms with E-state index in [-0.39, 0.29) is 23.2 Å². The molecule has 0 spiro atoms. The van der Waals surface area contributed by atoms with Crippen molar-refractivity contribution in [3.8, 4) is 28.4 Å². The number of methoxy groups -OCH3 is 1. The zero-order valence-electron chi connectivity index (χ0n) is 20.4. The number of phenolic OH excluding ortho intramolecular Hbond substituents is 2. The highest BCUT2D eigenvalue weighted by Gasteiger charge is 2.50. The molecule has 4 aromatic rings. The molecular weight excluding hydrogens is 507 g/mol. The predicted molar refractivity (Wildman–Crippen MR) is 144 cm³/mol. The molecule has 38 heavy (non-hydrogen) atoms. The van der Waals surface area contributed by atoms with Gasteiger partial charge in [0.15, 0.2) is 0 Å². The SMILES string of the molecule is COc1ccncc1-c1ccc(N2C(=O)[C@H](SC[C@@H](O)c3ccc(F)cc3)[C@H]2c2ccc(O)cc2O)cc1. The van der Waals surface area contributed by atoms with Crippen LogP contribution in [0, 0.1) is 5.82 Å². The van der Waals surface area contributed by atoms with E-state index in [4.69, 9.17) is 4.74 Å². The number of carbonyl (C=O) groups excluding carboxylic acids is 1. The fourth-order valence-corrected chi connectivity index (χ4v) is 5.84. The van der Waals surface area contributed by atoms with Crippen molar-refractivity contribution < 1.29 is 29.2 Å². The number of pyridine rings is 1. The molecule has 0 radical (unpaired) electrons. The summed E-state index contributed by atoms with van der Waals surface area (Å²) < 4.78 is 18.7. The first-order valence-electron chi connectivity index (χ1n) is 11.9. The minimum absolute atomic E-state index is 0.0887. The Bertz CT molecular complexity index is 1450. The minimum Gasteiger partial charge on any atom is -0.508 e. The van der Waals surface area contributed by atoms with E-state index in [1.165, 1.54) is 48.2 Å². The first-order valence-corrected chi connectivity index (χ1v) is 12.9. The van der Waals surface area contributed by atoms with E-state index in [9.17, 15) is 24.5 Å². The highest BCUT2D eigenvalue weighted by atomic mass is 32.2. The summed E-state index contributed by atoms with van der Waals surface area (Å²) in [5.41, 5.74) is 3.34. The van der Waals surface area contributed by atoms with Crippen molar-refractivity contribution in [1.29, 1.82) is 0 Å². The van der Waals surface area contributed by atoms with Gasteiger partial charge in [0.1, 0.15) is 28.3 Å². The van der Waals surface area contributed by atoms with Crippen LogP contribution >= 0.6 is 11.8 Å². The number of amides is 1. The summed E-state index contributed by atoms with van der Waals surface area (Å²) in [5, 5.41) is 30.4.